The first kappa shape index (κ1) is 20.9. The molecule has 27 heavy (non-hydrogen) atoms. The van der Waals surface area contributed by atoms with E-state index in [1.165, 1.54) is 51.6 Å². The molecular formula is C25H38ClN. The molecule has 2 aliphatic carbocycles. The van der Waals surface area contributed by atoms with Gasteiger partial charge in [0.15, 0.2) is 0 Å². The molecule has 4 rings (SSSR count). The molecule has 0 aromatic heterocycles. The van der Waals surface area contributed by atoms with Crippen LogP contribution in [0.3, 0.4) is 0 Å². The Labute approximate surface area is 173 Å². The molecule has 0 radical (unpaired) electrons. The molecular weight excluding hydrogens is 350 g/mol. The number of hydrogen-bond donors (Lipinski definition) is 0. The highest BCUT2D eigenvalue weighted by Gasteiger charge is 2.39. The van der Waals surface area contributed by atoms with Crippen LogP contribution in [0.2, 0.25) is 0 Å². The van der Waals surface area contributed by atoms with Crippen molar-refractivity contribution in [3.05, 3.63) is 41.5 Å². The highest BCUT2D eigenvalue weighted by molar-refractivity contribution is 5.85. The molecule has 2 fully saturated rings. The van der Waals surface area contributed by atoms with E-state index in [1.54, 1.807) is 16.7 Å². The zero-order valence-corrected chi connectivity index (χ0v) is 18.6. The molecule has 1 aliphatic heterocycles. The van der Waals surface area contributed by atoms with Gasteiger partial charge in [-0.05, 0) is 77.9 Å². The van der Waals surface area contributed by atoms with Gasteiger partial charge in [-0.25, -0.2) is 0 Å². The first-order valence-electron chi connectivity index (χ1n) is 10.8. The lowest BCUT2D eigenvalue weighted by molar-refractivity contribution is 0.0968. The zero-order valence-electron chi connectivity index (χ0n) is 17.8. The highest BCUT2D eigenvalue weighted by Crippen LogP contribution is 2.52. The third-order valence-corrected chi connectivity index (χ3v) is 6.81. The van der Waals surface area contributed by atoms with Crippen LogP contribution in [0.4, 0.5) is 0 Å². The fourth-order valence-electron chi connectivity index (χ4n) is 6.00. The lowest BCUT2D eigenvalue weighted by Gasteiger charge is -2.45. The summed E-state index contributed by atoms with van der Waals surface area (Å²) in [6.45, 7) is 13.6. The van der Waals surface area contributed by atoms with Gasteiger partial charge in [-0.15, -0.1) is 12.4 Å². The topological polar surface area (TPSA) is 3.24 Å². The van der Waals surface area contributed by atoms with Crippen LogP contribution >= 0.6 is 12.4 Å². The molecule has 0 spiro atoms. The van der Waals surface area contributed by atoms with Crippen molar-refractivity contribution in [2.24, 2.45) is 16.7 Å². The van der Waals surface area contributed by atoms with Crippen LogP contribution in [0.5, 0.6) is 0 Å². The fraction of sp³-hybridized carbons (Fsp3) is 0.680. The van der Waals surface area contributed by atoms with Crippen molar-refractivity contribution in [1.29, 1.82) is 0 Å². The molecule has 3 aliphatic rings. The predicted octanol–water partition coefficient (Wildman–Crippen LogP) is 6.93. The normalized spacial score (nSPS) is 25.6. The number of halogens is 1. The Morgan fingerprint density at radius 2 is 1.67 bits per heavy atom. The van der Waals surface area contributed by atoms with E-state index in [0.29, 0.717) is 16.7 Å². The molecule has 2 saturated carbocycles. The molecule has 2 heteroatoms. The van der Waals surface area contributed by atoms with Crippen molar-refractivity contribution < 1.29 is 0 Å². The lowest BCUT2D eigenvalue weighted by atomic mass is 9.60. The minimum Gasteiger partial charge on any atom is -0.299 e. The number of benzene rings is 1. The van der Waals surface area contributed by atoms with Crippen molar-refractivity contribution in [3.8, 4) is 0 Å². The lowest BCUT2D eigenvalue weighted by Crippen LogP contribution is -2.33. The average molecular weight is 388 g/mol. The van der Waals surface area contributed by atoms with Gasteiger partial charge < -0.3 is 0 Å². The second-order valence-electron chi connectivity index (χ2n) is 10.9. The molecule has 1 aromatic rings. The molecule has 0 bridgehead atoms. The van der Waals surface area contributed by atoms with Gasteiger partial charge in [0.1, 0.15) is 0 Å². The zero-order chi connectivity index (χ0) is 18.4. The van der Waals surface area contributed by atoms with Crippen molar-refractivity contribution in [2.45, 2.75) is 72.1 Å². The molecule has 0 unspecified atom stereocenters. The summed E-state index contributed by atoms with van der Waals surface area (Å²) in [6, 6.07) is 9.33. The van der Waals surface area contributed by atoms with E-state index in [2.05, 4.69) is 62.9 Å². The summed E-state index contributed by atoms with van der Waals surface area (Å²) in [6.07, 6.45) is 10.7. The monoisotopic (exact) mass is 387 g/mol. The average Bonchev–Trinajstić information content (AvgIpc) is 3.37. The van der Waals surface area contributed by atoms with Crippen LogP contribution in [-0.2, 0) is 0 Å². The quantitative estimate of drug-likeness (QED) is 0.541. The standard InChI is InChI=1S/C25H37N.ClH/c1-24(2)15-21(16-25(3,4)18-24)23-8-6-5-7-22(23)20-11-13-26(14-12-20)17-19-9-10-19;/h5-8,11,19,21H,9-10,12-18H2,1-4H3;1H. The van der Waals surface area contributed by atoms with Crippen LogP contribution in [0.1, 0.15) is 83.3 Å². The summed E-state index contributed by atoms with van der Waals surface area (Å²) in [5, 5.41) is 0. The third-order valence-electron chi connectivity index (χ3n) is 6.81. The highest BCUT2D eigenvalue weighted by atomic mass is 35.5. The predicted molar refractivity (Wildman–Crippen MR) is 120 cm³/mol. The Bertz CT molecular complexity index is 667. The second kappa shape index (κ2) is 7.91. The Balaban J connectivity index is 0.00000210. The second-order valence-corrected chi connectivity index (χ2v) is 10.9. The molecule has 0 N–H and O–H groups in total. The number of rotatable bonds is 4. The minimum absolute atomic E-state index is 0. The summed E-state index contributed by atoms with van der Waals surface area (Å²) in [5.74, 6) is 1.71. The Kier molecular flexibility index (Phi) is 6.14. The van der Waals surface area contributed by atoms with E-state index >= 15 is 0 Å². The van der Waals surface area contributed by atoms with Gasteiger partial charge in [0.05, 0.1) is 0 Å². The molecule has 150 valence electrons. The smallest absolute Gasteiger partial charge is 0.0169 e. The molecule has 0 atom stereocenters. The van der Waals surface area contributed by atoms with E-state index in [0.717, 1.165) is 12.5 Å². The van der Waals surface area contributed by atoms with Crippen LogP contribution in [-0.4, -0.2) is 24.5 Å². The van der Waals surface area contributed by atoms with E-state index < -0.39 is 0 Å². The van der Waals surface area contributed by atoms with Crippen molar-refractivity contribution in [1.82, 2.24) is 4.90 Å². The molecule has 0 saturated heterocycles. The third kappa shape index (κ3) is 5.18. The van der Waals surface area contributed by atoms with Crippen LogP contribution < -0.4 is 0 Å². The molecule has 1 heterocycles. The van der Waals surface area contributed by atoms with Crippen molar-refractivity contribution in [2.75, 3.05) is 19.6 Å². The van der Waals surface area contributed by atoms with Crippen LogP contribution in [0, 0.1) is 16.7 Å². The van der Waals surface area contributed by atoms with Gasteiger partial charge >= 0.3 is 0 Å². The summed E-state index contributed by atoms with van der Waals surface area (Å²) >= 11 is 0. The van der Waals surface area contributed by atoms with Gasteiger partial charge in [-0.3, -0.25) is 4.90 Å². The summed E-state index contributed by atoms with van der Waals surface area (Å²) in [7, 11) is 0. The largest absolute Gasteiger partial charge is 0.299 e. The number of hydrogen-bond acceptors (Lipinski definition) is 1. The Morgan fingerprint density at radius 1 is 1.00 bits per heavy atom. The van der Waals surface area contributed by atoms with Gasteiger partial charge in [-0.1, -0.05) is 58.0 Å². The fourth-order valence-corrected chi connectivity index (χ4v) is 6.00. The molecule has 1 nitrogen and oxygen atoms in total. The molecule has 0 amide bonds. The summed E-state index contributed by atoms with van der Waals surface area (Å²) < 4.78 is 0. The van der Waals surface area contributed by atoms with Gasteiger partial charge in [0, 0.05) is 19.6 Å². The van der Waals surface area contributed by atoms with E-state index in [1.807, 2.05) is 0 Å². The van der Waals surface area contributed by atoms with E-state index in [-0.39, 0.29) is 12.4 Å². The maximum atomic E-state index is 2.66. The SMILES string of the molecule is CC1(C)CC(c2ccccc2C2=CCN(CC3CC3)CC2)CC(C)(C)C1.Cl. The van der Waals surface area contributed by atoms with Gasteiger partial charge in [-0.2, -0.15) is 0 Å². The Hall–Kier alpha value is -0.790. The molecule has 1 aromatic carbocycles. The maximum absolute atomic E-state index is 2.66. The van der Waals surface area contributed by atoms with Crippen LogP contribution in [0.25, 0.3) is 5.57 Å². The van der Waals surface area contributed by atoms with E-state index in [9.17, 15) is 0 Å². The van der Waals surface area contributed by atoms with E-state index in [4.69, 9.17) is 0 Å². The van der Waals surface area contributed by atoms with Gasteiger partial charge in [0.25, 0.3) is 0 Å². The summed E-state index contributed by atoms with van der Waals surface area (Å²) in [4.78, 5) is 2.66. The minimum atomic E-state index is 0. The van der Waals surface area contributed by atoms with Crippen molar-refractivity contribution >= 4 is 18.0 Å². The first-order valence-corrected chi connectivity index (χ1v) is 10.8. The number of nitrogens with zero attached hydrogens (tertiary/aromatic N) is 1. The summed E-state index contributed by atoms with van der Waals surface area (Å²) in [5.41, 5.74) is 5.67. The first-order chi connectivity index (χ1) is 12.3. The maximum Gasteiger partial charge on any atom is 0.0169 e. The Morgan fingerprint density at radius 3 is 2.26 bits per heavy atom. The van der Waals surface area contributed by atoms with Crippen LogP contribution in [0.15, 0.2) is 30.3 Å². The van der Waals surface area contributed by atoms with Crippen molar-refractivity contribution in [3.63, 3.8) is 0 Å². The van der Waals surface area contributed by atoms with Gasteiger partial charge in [0.2, 0.25) is 0 Å².